The van der Waals surface area contributed by atoms with Crippen LogP contribution in [0.2, 0.25) is 0 Å². The Labute approximate surface area is 151 Å². The minimum atomic E-state index is -0.0348. The Balaban J connectivity index is 2.38. The van der Waals surface area contributed by atoms with Crippen molar-refractivity contribution in [1.82, 2.24) is 14.3 Å². The lowest BCUT2D eigenvalue weighted by Gasteiger charge is -2.07. The van der Waals surface area contributed by atoms with Gasteiger partial charge in [-0.1, -0.05) is 18.7 Å². The van der Waals surface area contributed by atoms with Crippen LogP contribution < -0.4 is 11.3 Å². The molecule has 0 bridgehead atoms. The molecule has 0 radical (unpaired) electrons. The molecule has 0 unspecified atom stereocenters. The van der Waals surface area contributed by atoms with Gasteiger partial charge in [-0.2, -0.15) is 10.1 Å². The van der Waals surface area contributed by atoms with Gasteiger partial charge in [-0.3, -0.25) is 4.79 Å². The van der Waals surface area contributed by atoms with Crippen molar-refractivity contribution in [3.8, 4) is 0 Å². The average Bonchev–Trinajstić information content (AvgIpc) is 2.99. The first-order valence-corrected chi connectivity index (χ1v) is 9.38. The molecule has 0 aromatic carbocycles. The summed E-state index contributed by atoms with van der Waals surface area (Å²) >= 11 is 1.35. The molecule has 0 aliphatic heterocycles. The summed E-state index contributed by atoms with van der Waals surface area (Å²) in [6.07, 6.45) is 6.34. The van der Waals surface area contributed by atoms with E-state index in [1.54, 1.807) is 21.5 Å². The molecular weight excluding hydrogens is 336 g/mol. The number of aryl methyl sites for hydroxylation is 2. The maximum atomic E-state index is 12.0. The molecule has 0 atom stereocenters. The molecular formula is C17H24N6OS. The van der Waals surface area contributed by atoms with Crippen LogP contribution in [0.3, 0.4) is 0 Å². The van der Waals surface area contributed by atoms with Crippen molar-refractivity contribution in [3.63, 3.8) is 0 Å². The molecule has 0 aliphatic rings. The number of nitrogens with two attached hydrogens (primary N) is 1. The molecule has 0 aliphatic carbocycles. The fourth-order valence-corrected chi connectivity index (χ4v) is 2.53. The molecule has 0 amide bonds. The van der Waals surface area contributed by atoms with Crippen molar-refractivity contribution < 1.29 is 0 Å². The minimum absolute atomic E-state index is 0.0348. The van der Waals surface area contributed by atoms with Crippen LogP contribution in [0.1, 0.15) is 30.7 Å². The van der Waals surface area contributed by atoms with Gasteiger partial charge in [0.15, 0.2) is 5.17 Å². The Morgan fingerprint density at radius 1 is 1.40 bits per heavy atom. The minimum Gasteiger partial charge on any atom is -0.378 e. The number of aliphatic imine (C=N–C) groups is 2. The summed E-state index contributed by atoms with van der Waals surface area (Å²) in [4.78, 5) is 20.9. The van der Waals surface area contributed by atoms with E-state index in [1.807, 2.05) is 32.4 Å². The largest absolute Gasteiger partial charge is 0.378 e. The summed E-state index contributed by atoms with van der Waals surface area (Å²) in [6.45, 7) is 6.97. The molecule has 2 rings (SSSR count). The van der Waals surface area contributed by atoms with Crippen molar-refractivity contribution >= 4 is 22.9 Å². The molecule has 25 heavy (non-hydrogen) atoms. The normalized spacial score (nSPS) is 12.6. The quantitative estimate of drug-likeness (QED) is 0.667. The molecule has 2 N–H and O–H groups in total. The monoisotopic (exact) mass is 360 g/mol. The summed E-state index contributed by atoms with van der Waals surface area (Å²) in [7, 11) is 0. The average molecular weight is 360 g/mol. The van der Waals surface area contributed by atoms with Crippen LogP contribution in [0.5, 0.6) is 0 Å². The predicted octanol–water partition coefficient (Wildman–Crippen LogP) is 2.02. The number of nitrogens with zero attached hydrogens (tertiary/aromatic N) is 5. The molecule has 0 saturated carbocycles. The van der Waals surface area contributed by atoms with Gasteiger partial charge >= 0.3 is 0 Å². The first-order chi connectivity index (χ1) is 12.0. The van der Waals surface area contributed by atoms with E-state index in [4.69, 9.17) is 5.73 Å². The van der Waals surface area contributed by atoms with Crippen LogP contribution in [0.4, 0.5) is 0 Å². The highest BCUT2D eigenvalue weighted by molar-refractivity contribution is 8.13. The van der Waals surface area contributed by atoms with E-state index in [1.165, 1.54) is 11.8 Å². The second-order valence-electron chi connectivity index (χ2n) is 5.45. The van der Waals surface area contributed by atoms with Crippen LogP contribution >= 0.6 is 11.8 Å². The Morgan fingerprint density at radius 3 is 2.72 bits per heavy atom. The number of hydrogen-bond acceptors (Lipinski definition) is 4. The molecule has 0 fully saturated rings. The molecule has 7 nitrogen and oxygen atoms in total. The molecule has 2 heterocycles. The molecule has 0 saturated heterocycles. The number of pyridine rings is 1. The highest BCUT2D eigenvalue weighted by Crippen LogP contribution is 2.10. The van der Waals surface area contributed by atoms with Crippen LogP contribution in [0.25, 0.3) is 0 Å². The van der Waals surface area contributed by atoms with Crippen LogP contribution in [0, 0.1) is 6.92 Å². The second kappa shape index (κ2) is 8.66. The zero-order valence-electron chi connectivity index (χ0n) is 15.1. The van der Waals surface area contributed by atoms with E-state index in [0.29, 0.717) is 24.2 Å². The first kappa shape index (κ1) is 19.0. The summed E-state index contributed by atoms with van der Waals surface area (Å²) < 4.78 is 3.33. The maximum absolute atomic E-state index is 12.0. The van der Waals surface area contributed by atoms with Crippen LogP contribution in [-0.4, -0.2) is 31.7 Å². The van der Waals surface area contributed by atoms with Crippen molar-refractivity contribution in [3.05, 3.63) is 51.7 Å². The fourth-order valence-electron chi connectivity index (χ4n) is 2.36. The highest BCUT2D eigenvalue weighted by Gasteiger charge is 2.10. The van der Waals surface area contributed by atoms with Gasteiger partial charge in [0.1, 0.15) is 0 Å². The second-order valence-corrected chi connectivity index (χ2v) is 6.28. The van der Waals surface area contributed by atoms with E-state index < -0.39 is 0 Å². The Morgan fingerprint density at radius 2 is 2.16 bits per heavy atom. The number of thioether (sulfide) groups is 1. The lowest BCUT2D eigenvalue weighted by atomic mass is 10.2. The molecule has 0 spiro atoms. The van der Waals surface area contributed by atoms with Crippen molar-refractivity contribution in [2.45, 2.75) is 40.3 Å². The molecule has 8 heteroatoms. The number of rotatable bonds is 4. The van der Waals surface area contributed by atoms with Crippen LogP contribution in [-0.2, 0) is 19.5 Å². The molecule has 134 valence electrons. The third-order valence-electron chi connectivity index (χ3n) is 3.91. The van der Waals surface area contributed by atoms with E-state index in [9.17, 15) is 4.79 Å². The van der Waals surface area contributed by atoms with Crippen molar-refractivity contribution in [2.24, 2.45) is 15.7 Å². The predicted molar refractivity (Wildman–Crippen MR) is 104 cm³/mol. The Bertz CT molecular complexity index is 849. The zero-order chi connectivity index (χ0) is 18.4. The number of aromatic nitrogens is 3. The lowest BCUT2D eigenvalue weighted by Crippen LogP contribution is -2.19. The van der Waals surface area contributed by atoms with Gasteiger partial charge in [0.05, 0.1) is 12.7 Å². The zero-order valence-corrected chi connectivity index (χ0v) is 15.9. The fraction of sp³-hybridized carbons (Fsp3) is 0.412. The topological polar surface area (TPSA) is 90.6 Å². The summed E-state index contributed by atoms with van der Waals surface area (Å²) in [5.74, 6) is 0.420. The van der Waals surface area contributed by atoms with Gasteiger partial charge < -0.3 is 10.3 Å². The number of hydrogen-bond donors (Lipinski definition) is 1. The Kier molecular flexibility index (Phi) is 6.58. The smallest absolute Gasteiger partial charge is 0.250 e. The van der Waals surface area contributed by atoms with Crippen molar-refractivity contribution in [1.29, 1.82) is 0 Å². The van der Waals surface area contributed by atoms with Crippen molar-refractivity contribution in [2.75, 3.05) is 6.26 Å². The van der Waals surface area contributed by atoms with Crippen LogP contribution in [0.15, 0.2) is 39.3 Å². The van der Waals surface area contributed by atoms with E-state index in [2.05, 4.69) is 22.0 Å². The molecule has 2 aromatic heterocycles. The summed E-state index contributed by atoms with van der Waals surface area (Å²) in [6, 6.07) is 3.49. The van der Waals surface area contributed by atoms with E-state index >= 15 is 0 Å². The number of amidine groups is 1. The van der Waals surface area contributed by atoms with Gasteiger partial charge in [-0.05, 0) is 43.7 Å². The van der Waals surface area contributed by atoms with Gasteiger partial charge in [0.25, 0.3) is 5.56 Å². The molecule has 2 aromatic rings. The Hall–Kier alpha value is -2.35. The maximum Gasteiger partial charge on any atom is 0.250 e. The lowest BCUT2D eigenvalue weighted by molar-refractivity contribution is 0.722. The summed E-state index contributed by atoms with van der Waals surface area (Å²) in [5, 5.41) is 4.79. The van der Waals surface area contributed by atoms with Gasteiger partial charge in [-0.25, -0.2) is 9.67 Å². The SMILES string of the molecule is CCc1cnn(C(N=C(N)SC)=NCc2ccn(CC)c(=O)c2)c1C. The third-order valence-corrected chi connectivity index (χ3v) is 4.41. The highest BCUT2D eigenvalue weighted by atomic mass is 32.2. The summed E-state index contributed by atoms with van der Waals surface area (Å²) in [5.41, 5.74) is 8.78. The van der Waals surface area contributed by atoms with Gasteiger partial charge in [0, 0.05) is 24.5 Å². The third kappa shape index (κ3) is 4.60. The first-order valence-electron chi connectivity index (χ1n) is 8.16. The van der Waals surface area contributed by atoms with E-state index in [0.717, 1.165) is 23.2 Å². The standard InChI is InChI=1S/C17H24N6OS/c1-5-14-11-20-23(12(14)3)17(21-16(18)25-4)19-10-13-7-8-22(6-2)15(24)9-13/h7-9,11H,5-6,10H2,1-4H3,(H2,18,19,21). The van der Waals surface area contributed by atoms with Gasteiger partial charge in [0.2, 0.25) is 5.96 Å². The van der Waals surface area contributed by atoms with E-state index in [-0.39, 0.29) is 5.56 Å². The van der Waals surface area contributed by atoms with Gasteiger partial charge in [-0.15, -0.1) is 0 Å².